The maximum Gasteiger partial charge on any atom is 0.344 e. The number of nitrogens with zero attached hydrogens (tertiary/aromatic N) is 1. The molecule has 1 aromatic heterocycles. The van der Waals surface area contributed by atoms with Gasteiger partial charge in [-0.2, -0.15) is 0 Å². The Hall–Kier alpha value is -2.84. The number of halogens is 1. The molecule has 3 aromatic rings. The van der Waals surface area contributed by atoms with E-state index < -0.39 is 18.5 Å². The quantitative estimate of drug-likeness (QED) is 0.584. The number of carbonyl (C=O) groups is 2. The van der Waals surface area contributed by atoms with E-state index in [1.54, 1.807) is 37.4 Å². The zero-order valence-electron chi connectivity index (χ0n) is 15.2. The minimum atomic E-state index is -0.656. The van der Waals surface area contributed by atoms with Gasteiger partial charge in [0, 0.05) is 5.02 Å². The van der Waals surface area contributed by atoms with Crippen LogP contribution in [0.15, 0.2) is 36.4 Å². The number of hydrogen-bond acceptors (Lipinski definition) is 7. The third-order valence-corrected chi connectivity index (χ3v) is 5.05. The first-order valence-electron chi connectivity index (χ1n) is 8.23. The van der Waals surface area contributed by atoms with E-state index in [4.69, 9.17) is 25.8 Å². The SMILES string of the molecule is COc1ccc2nc(NC(=O)COC(=O)COc3ccc(Cl)c(C)c3)sc2c1. The van der Waals surface area contributed by atoms with E-state index in [2.05, 4.69) is 10.3 Å². The molecule has 1 N–H and O–H groups in total. The van der Waals surface area contributed by atoms with E-state index in [9.17, 15) is 9.59 Å². The first-order chi connectivity index (χ1) is 13.4. The van der Waals surface area contributed by atoms with Crippen LogP contribution in [0.1, 0.15) is 5.56 Å². The zero-order chi connectivity index (χ0) is 20.1. The summed E-state index contributed by atoms with van der Waals surface area (Å²) in [6, 6.07) is 10.5. The number of anilines is 1. The highest BCUT2D eigenvalue weighted by molar-refractivity contribution is 7.22. The second-order valence-corrected chi connectivity index (χ2v) is 7.20. The number of amides is 1. The highest BCUT2D eigenvalue weighted by atomic mass is 35.5. The predicted molar refractivity (Wildman–Crippen MR) is 107 cm³/mol. The molecule has 9 heteroatoms. The number of esters is 1. The number of benzene rings is 2. The number of aryl methyl sites for hydroxylation is 1. The zero-order valence-corrected chi connectivity index (χ0v) is 16.7. The molecule has 0 spiro atoms. The number of thiazole rings is 1. The summed E-state index contributed by atoms with van der Waals surface area (Å²) in [5.74, 6) is 0.0607. The lowest BCUT2D eigenvalue weighted by Gasteiger charge is -2.08. The molecule has 0 aliphatic heterocycles. The van der Waals surface area contributed by atoms with Crippen LogP contribution in [-0.4, -0.2) is 37.2 Å². The van der Waals surface area contributed by atoms with Crippen LogP contribution in [0.4, 0.5) is 5.13 Å². The fourth-order valence-corrected chi connectivity index (χ4v) is 3.31. The molecule has 28 heavy (non-hydrogen) atoms. The number of rotatable bonds is 7. The topological polar surface area (TPSA) is 86.8 Å². The molecule has 146 valence electrons. The number of ether oxygens (including phenoxy) is 3. The molecule has 2 aromatic carbocycles. The van der Waals surface area contributed by atoms with Crippen LogP contribution in [0.25, 0.3) is 10.2 Å². The number of aromatic nitrogens is 1. The third kappa shape index (κ3) is 5.11. The average molecular weight is 421 g/mol. The smallest absolute Gasteiger partial charge is 0.344 e. The van der Waals surface area contributed by atoms with Crippen molar-refractivity contribution in [3.8, 4) is 11.5 Å². The van der Waals surface area contributed by atoms with Gasteiger partial charge < -0.3 is 14.2 Å². The minimum absolute atomic E-state index is 0.310. The normalized spacial score (nSPS) is 10.5. The molecule has 0 radical (unpaired) electrons. The van der Waals surface area contributed by atoms with Crippen molar-refractivity contribution in [1.82, 2.24) is 4.98 Å². The van der Waals surface area contributed by atoms with Crippen molar-refractivity contribution in [1.29, 1.82) is 0 Å². The molecular formula is C19H17ClN2O5S. The van der Waals surface area contributed by atoms with Crippen molar-refractivity contribution in [3.05, 3.63) is 47.0 Å². The summed E-state index contributed by atoms with van der Waals surface area (Å²) in [6.45, 7) is 1.09. The van der Waals surface area contributed by atoms with Gasteiger partial charge in [-0.1, -0.05) is 22.9 Å². The van der Waals surface area contributed by atoms with Gasteiger partial charge in [0.05, 0.1) is 17.3 Å². The second-order valence-electron chi connectivity index (χ2n) is 5.76. The Morgan fingerprint density at radius 3 is 2.68 bits per heavy atom. The molecule has 0 aliphatic carbocycles. The highest BCUT2D eigenvalue weighted by Crippen LogP contribution is 2.29. The Morgan fingerprint density at radius 2 is 1.93 bits per heavy atom. The third-order valence-electron chi connectivity index (χ3n) is 3.69. The van der Waals surface area contributed by atoms with Crippen LogP contribution in [0.5, 0.6) is 11.5 Å². The van der Waals surface area contributed by atoms with Crippen molar-refractivity contribution in [2.24, 2.45) is 0 Å². The van der Waals surface area contributed by atoms with Gasteiger partial charge in [0.15, 0.2) is 18.3 Å². The molecule has 0 saturated heterocycles. The van der Waals surface area contributed by atoms with E-state index in [-0.39, 0.29) is 6.61 Å². The Bertz CT molecular complexity index is 1020. The predicted octanol–water partition coefficient (Wildman–Crippen LogP) is 3.83. The van der Waals surface area contributed by atoms with Crippen molar-refractivity contribution < 1.29 is 23.8 Å². The summed E-state index contributed by atoms with van der Waals surface area (Å²) in [7, 11) is 1.58. The molecule has 7 nitrogen and oxygen atoms in total. The lowest BCUT2D eigenvalue weighted by atomic mass is 10.2. The van der Waals surface area contributed by atoms with E-state index in [0.717, 1.165) is 15.8 Å². The summed E-state index contributed by atoms with van der Waals surface area (Å²) >= 11 is 7.23. The standard InChI is InChI=1S/C19H17ClN2O5S/c1-11-7-13(3-5-14(11)20)26-10-18(24)27-9-17(23)22-19-21-15-6-4-12(25-2)8-16(15)28-19/h3-8H,9-10H2,1-2H3,(H,21,22,23). The van der Waals surface area contributed by atoms with Crippen molar-refractivity contribution >= 4 is 50.2 Å². The van der Waals surface area contributed by atoms with Gasteiger partial charge in [-0.3, -0.25) is 10.1 Å². The van der Waals surface area contributed by atoms with Gasteiger partial charge in [-0.25, -0.2) is 9.78 Å². The van der Waals surface area contributed by atoms with E-state index in [1.165, 1.54) is 11.3 Å². The van der Waals surface area contributed by atoms with E-state index in [1.807, 2.05) is 13.0 Å². The van der Waals surface area contributed by atoms with Gasteiger partial charge in [-0.15, -0.1) is 0 Å². The Morgan fingerprint density at radius 1 is 1.14 bits per heavy atom. The van der Waals surface area contributed by atoms with Crippen LogP contribution in [-0.2, 0) is 14.3 Å². The lowest BCUT2D eigenvalue weighted by Crippen LogP contribution is -2.23. The molecule has 0 aliphatic rings. The van der Waals surface area contributed by atoms with Crippen molar-refractivity contribution in [2.75, 3.05) is 25.6 Å². The van der Waals surface area contributed by atoms with Crippen molar-refractivity contribution in [3.63, 3.8) is 0 Å². The first kappa shape index (κ1) is 19.9. The van der Waals surface area contributed by atoms with Crippen LogP contribution in [0.3, 0.4) is 0 Å². The van der Waals surface area contributed by atoms with Crippen LogP contribution >= 0.6 is 22.9 Å². The summed E-state index contributed by atoms with van der Waals surface area (Å²) in [5.41, 5.74) is 1.57. The molecule has 0 unspecified atom stereocenters. The maximum atomic E-state index is 12.0. The molecule has 1 amide bonds. The van der Waals surface area contributed by atoms with Gasteiger partial charge in [0.25, 0.3) is 5.91 Å². The van der Waals surface area contributed by atoms with Gasteiger partial charge in [0.1, 0.15) is 11.5 Å². The summed E-state index contributed by atoms with van der Waals surface area (Å²) in [6.07, 6.45) is 0. The second kappa shape index (κ2) is 8.90. The maximum absolute atomic E-state index is 12.0. The van der Waals surface area contributed by atoms with Gasteiger partial charge in [0.2, 0.25) is 0 Å². The molecular weight excluding hydrogens is 404 g/mol. The number of methoxy groups -OCH3 is 1. The molecule has 0 bridgehead atoms. The monoisotopic (exact) mass is 420 g/mol. The molecule has 0 atom stereocenters. The van der Waals surface area contributed by atoms with Crippen LogP contribution < -0.4 is 14.8 Å². The summed E-state index contributed by atoms with van der Waals surface area (Å²) < 4.78 is 16.3. The fourth-order valence-electron chi connectivity index (χ4n) is 2.28. The Balaban J connectivity index is 1.47. The molecule has 1 heterocycles. The summed E-state index contributed by atoms with van der Waals surface area (Å²) in [5, 5.41) is 3.63. The molecule has 0 saturated carbocycles. The average Bonchev–Trinajstić information content (AvgIpc) is 3.08. The van der Waals surface area contributed by atoms with E-state index >= 15 is 0 Å². The lowest BCUT2D eigenvalue weighted by molar-refractivity contribution is -0.149. The van der Waals surface area contributed by atoms with Gasteiger partial charge >= 0.3 is 5.97 Å². The highest BCUT2D eigenvalue weighted by Gasteiger charge is 2.12. The largest absolute Gasteiger partial charge is 0.497 e. The number of nitrogens with one attached hydrogen (secondary N) is 1. The van der Waals surface area contributed by atoms with E-state index in [0.29, 0.717) is 21.7 Å². The minimum Gasteiger partial charge on any atom is -0.497 e. The van der Waals surface area contributed by atoms with Crippen LogP contribution in [0.2, 0.25) is 5.02 Å². The number of carbonyl (C=O) groups excluding carboxylic acids is 2. The molecule has 0 fully saturated rings. The van der Waals surface area contributed by atoms with Crippen LogP contribution in [0, 0.1) is 6.92 Å². The molecule has 3 rings (SSSR count). The Kier molecular flexibility index (Phi) is 6.33. The fraction of sp³-hybridized carbons (Fsp3) is 0.211. The van der Waals surface area contributed by atoms with Crippen molar-refractivity contribution in [2.45, 2.75) is 6.92 Å². The number of fused-ring (bicyclic) bond motifs is 1. The number of hydrogen-bond donors (Lipinski definition) is 1. The summed E-state index contributed by atoms with van der Waals surface area (Å²) in [4.78, 5) is 28.0. The Labute approximate surface area is 170 Å². The first-order valence-corrected chi connectivity index (χ1v) is 9.43. The van der Waals surface area contributed by atoms with Gasteiger partial charge in [-0.05, 0) is 48.9 Å².